The Morgan fingerprint density at radius 3 is 2.44 bits per heavy atom. The SMILES string of the molecule is COCC(C)NC(=O)CCc1ccc(S(=O)(=O)N2CCCCC2)cc1. The van der Waals surface area contributed by atoms with Crippen molar-refractivity contribution in [1.82, 2.24) is 9.62 Å². The third kappa shape index (κ3) is 5.80. The molecule has 1 heterocycles. The molecule has 0 radical (unpaired) electrons. The molecule has 1 atom stereocenters. The van der Waals surface area contributed by atoms with Gasteiger partial charge in [0.1, 0.15) is 0 Å². The Morgan fingerprint density at radius 1 is 1.20 bits per heavy atom. The second-order valence-corrected chi connectivity index (χ2v) is 8.47. The van der Waals surface area contributed by atoms with E-state index in [1.165, 1.54) is 0 Å². The fraction of sp³-hybridized carbons (Fsp3) is 0.611. The molecule has 0 spiro atoms. The summed E-state index contributed by atoms with van der Waals surface area (Å²) in [5.74, 6) is -0.0328. The van der Waals surface area contributed by atoms with Gasteiger partial charge in [-0.25, -0.2) is 8.42 Å². The highest BCUT2D eigenvalue weighted by molar-refractivity contribution is 7.89. The number of sulfonamides is 1. The van der Waals surface area contributed by atoms with Crippen LogP contribution in [0.5, 0.6) is 0 Å². The molecule has 1 amide bonds. The van der Waals surface area contributed by atoms with Crippen molar-refractivity contribution >= 4 is 15.9 Å². The number of nitrogens with one attached hydrogen (secondary N) is 1. The average molecular weight is 368 g/mol. The van der Waals surface area contributed by atoms with Gasteiger partial charge >= 0.3 is 0 Å². The number of hydrogen-bond acceptors (Lipinski definition) is 4. The maximum absolute atomic E-state index is 12.6. The van der Waals surface area contributed by atoms with Crippen LogP contribution in [0.15, 0.2) is 29.2 Å². The van der Waals surface area contributed by atoms with Crippen LogP contribution in [0.25, 0.3) is 0 Å². The predicted octanol–water partition coefficient (Wildman–Crippen LogP) is 1.94. The summed E-state index contributed by atoms with van der Waals surface area (Å²) in [4.78, 5) is 12.2. The number of amides is 1. The van der Waals surface area contributed by atoms with Crippen molar-refractivity contribution < 1.29 is 17.9 Å². The number of methoxy groups -OCH3 is 1. The van der Waals surface area contributed by atoms with Crippen LogP contribution in [-0.2, 0) is 26.0 Å². The highest BCUT2D eigenvalue weighted by atomic mass is 32.2. The van der Waals surface area contributed by atoms with Gasteiger partial charge in [0.05, 0.1) is 11.5 Å². The normalized spacial score (nSPS) is 17.2. The monoisotopic (exact) mass is 368 g/mol. The zero-order chi connectivity index (χ0) is 18.3. The Balaban J connectivity index is 1.90. The zero-order valence-electron chi connectivity index (χ0n) is 15.0. The van der Waals surface area contributed by atoms with Gasteiger partial charge in [-0.2, -0.15) is 4.31 Å². The Kier molecular flexibility index (Phi) is 7.40. The van der Waals surface area contributed by atoms with Gasteiger partial charge in [-0.05, 0) is 43.9 Å². The molecule has 1 fully saturated rings. The molecule has 2 rings (SSSR count). The minimum atomic E-state index is -3.39. The van der Waals surface area contributed by atoms with Gasteiger partial charge in [-0.15, -0.1) is 0 Å². The summed E-state index contributed by atoms with van der Waals surface area (Å²) in [5, 5.41) is 2.86. The third-order valence-corrected chi connectivity index (χ3v) is 6.25. The maximum atomic E-state index is 12.6. The van der Waals surface area contributed by atoms with E-state index in [-0.39, 0.29) is 11.9 Å². The number of carbonyl (C=O) groups excluding carboxylic acids is 1. The van der Waals surface area contributed by atoms with Crippen molar-refractivity contribution in [2.24, 2.45) is 0 Å². The van der Waals surface area contributed by atoms with Crippen LogP contribution in [0.3, 0.4) is 0 Å². The van der Waals surface area contributed by atoms with Crippen LogP contribution in [0.1, 0.15) is 38.2 Å². The molecule has 1 aromatic rings. The van der Waals surface area contributed by atoms with E-state index in [2.05, 4.69) is 5.32 Å². The van der Waals surface area contributed by atoms with E-state index in [0.29, 0.717) is 37.4 Å². The smallest absolute Gasteiger partial charge is 0.243 e. The molecule has 0 aromatic heterocycles. The molecule has 1 aliphatic rings. The fourth-order valence-electron chi connectivity index (χ4n) is 2.98. The van der Waals surface area contributed by atoms with Crippen molar-refractivity contribution in [1.29, 1.82) is 0 Å². The van der Waals surface area contributed by atoms with Gasteiger partial charge in [-0.1, -0.05) is 18.6 Å². The van der Waals surface area contributed by atoms with Crippen molar-refractivity contribution in [2.45, 2.75) is 50.0 Å². The van der Waals surface area contributed by atoms with Crippen molar-refractivity contribution in [3.05, 3.63) is 29.8 Å². The first-order valence-corrected chi connectivity index (χ1v) is 10.2. The number of piperidine rings is 1. The van der Waals surface area contributed by atoms with Gasteiger partial charge in [0.25, 0.3) is 0 Å². The number of nitrogens with zero attached hydrogens (tertiary/aromatic N) is 1. The highest BCUT2D eigenvalue weighted by Gasteiger charge is 2.25. The largest absolute Gasteiger partial charge is 0.383 e. The first-order valence-electron chi connectivity index (χ1n) is 8.81. The Morgan fingerprint density at radius 2 is 1.84 bits per heavy atom. The second-order valence-electron chi connectivity index (χ2n) is 6.53. The molecular weight excluding hydrogens is 340 g/mol. The van der Waals surface area contributed by atoms with Crippen LogP contribution >= 0.6 is 0 Å². The maximum Gasteiger partial charge on any atom is 0.243 e. The standard InChI is InChI=1S/C18H28N2O4S/c1-15(14-24-2)19-18(21)11-8-16-6-9-17(10-7-16)25(22,23)20-12-4-3-5-13-20/h6-7,9-10,15H,3-5,8,11-14H2,1-2H3,(H,19,21). The Hall–Kier alpha value is -1.44. The van der Waals surface area contributed by atoms with Crippen molar-refractivity contribution in [2.75, 3.05) is 26.8 Å². The summed E-state index contributed by atoms with van der Waals surface area (Å²) < 4.78 is 31.7. The molecule has 6 nitrogen and oxygen atoms in total. The molecule has 25 heavy (non-hydrogen) atoms. The van der Waals surface area contributed by atoms with Crippen LogP contribution < -0.4 is 5.32 Å². The summed E-state index contributed by atoms with van der Waals surface area (Å²) in [7, 11) is -1.79. The average Bonchev–Trinajstić information content (AvgIpc) is 2.61. The Bertz CT molecular complexity index is 652. The lowest BCUT2D eigenvalue weighted by molar-refractivity contribution is -0.122. The van der Waals surface area contributed by atoms with E-state index in [9.17, 15) is 13.2 Å². The molecule has 0 bridgehead atoms. The topological polar surface area (TPSA) is 75.7 Å². The van der Waals surface area contributed by atoms with E-state index in [4.69, 9.17) is 4.74 Å². The Labute approximate surface area is 150 Å². The number of benzene rings is 1. The molecule has 1 aliphatic heterocycles. The lowest BCUT2D eigenvalue weighted by Gasteiger charge is -2.25. The molecule has 1 aromatic carbocycles. The minimum Gasteiger partial charge on any atom is -0.383 e. The fourth-order valence-corrected chi connectivity index (χ4v) is 4.50. The molecule has 1 saturated heterocycles. The molecule has 140 valence electrons. The van der Waals surface area contributed by atoms with Gasteiger partial charge in [0, 0.05) is 32.7 Å². The molecule has 1 unspecified atom stereocenters. The number of rotatable bonds is 8. The first-order chi connectivity index (χ1) is 11.9. The number of ether oxygens (including phenoxy) is 1. The zero-order valence-corrected chi connectivity index (χ0v) is 15.8. The van der Waals surface area contributed by atoms with E-state index < -0.39 is 10.0 Å². The lowest BCUT2D eigenvalue weighted by atomic mass is 10.1. The summed E-state index contributed by atoms with van der Waals surface area (Å²) in [5.41, 5.74) is 0.951. The summed E-state index contributed by atoms with van der Waals surface area (Å²) in [6.07, 6.45) is 3.89. The molecule has 0 aliphatic carbocycles. The second kappa shape index (κ2) is 9.31. The third-order valence-electron chi connectivity index (χ3n) is 4.34. The van der Waals surface area contributed by atoms with Gasteiger partial charge in [-0.3, -0.25) is 4.79 Å². The lowest BCUT2D eigenvalue weighted by Crippen LogP contribution is -2.35. The van der Waals surface area contributed by atoms with E-state index >= 15 is 0 Å². The van der Waals surface area contributed by atoms with Crippen LogP contribution in [0.4, 0.5) is 0 Å². The molecule has 0 saturated carbocycles. The van der Waals surface area contributed by atoms with Crippen molar-refractivity contribution in [3.63, 3.8) is 0 Å². The summed E-state index contributed by atoms with van der Waals surface area (Å²) in [6.45, 7) is 3.57. The van der Waals surface area contributed by atoms with Gasteiger partial charge in [0.15, 0.2) is 0 Å². The van der Waals surface area contributed by atoms with E-state index in [0.717, 1.165) is 24.8 Å². The molecular formula is C18H28N2O4S. The number of carbonyl (C=O) groups is 1. The number of aryl methyl sites for hydroxylation is 1. The summed E-state index contributed by atoms with van der Waals surface area (Å²) >= 11 is 0. The first kappa shape index (κ1) is 19.9. The van der Waals surface area contributed by atoms with E-state index in [1.807, 2.05) is 6.92 Å². The van der Waals surface area contributed by atoms with E-state index in [1.54, 1.807) is 35.7 Å². The van der Waals surface area contributed by atoms with Crippen molar-refractivity contribution in [3.8, 4) is 0 Å². The predicted molar refractivity (Wildman–Crippen MR) is 96.9 cm³/mol. The summed E-state index contributed by atoms with van der Waals surface area (Å²) in [6, 6.07) is 6.86. The van der Waals surface area contributed by atoms with Crippen LogP contribution in [-0.4, -0.2) is 51.5 Å². The quantitative estimate of drug-likeness (QED) is 0.761. The van der Waals surface area contributed by atoms with Gasteiger partial charge < -0.3 is 10.1 Å². The highest BCUT2D eigenvalue weighted by Crippen LogP contribution is 2.21. The molecule has 7 heteroatoms. The van der Waals surface area contributed by atoms with Crippen LogP contribution in [0, 0.1) is 0 Å². The minimum absolute atomic E-state index is 0.0189. The molecule has 1 N–H and O–H groups in total. The van der Waals surface area contributed by atoms with Crippen LogP contribution in [0.2, 0.25) is 0 Å². The van der Waals surface area contributed by atoms with Gasteiger partial charge in [0.2, 0.25) is 15.9 Å². The number of hydrogen-bond donors (Lipinski definition) is 1.